The minimum atomic E-state index is 0.840. The first kappa shape index (κ1) is 18.5. The van der Waals surface area contributed by atoms with E-state index in [4.69, 9.17) is 0 Å². The summed E-state index contributed by atoms with van der Waals surface area (Å²) in [5, 5.41) is 6.72. The van der Waals surface area contributed by atoms with Gasteiger partial charge in [0.05, 0.1) is 5.39 Å². The molecular formula is C26H21N3S. The van der Waals surface area contributed by atoms with E-state index >= 15 is 0 Å². The van der Waals surface area contributed by atoms with Crippen molar-refractivity contribution < 1.29 is 0 Å². The molecule has 0 saturated carbocycles. The van der Waals surface area contributed by atoms with Crippen molar-refractivity contribution in [2.24, 2.45) is 0 Å². The van der Waals surface area contributed by atoms with Crippen LogP contribution in [-0.2, 0) is 6.42 Å². The van der Waals surface area contributed by atoms with Gasteiger partial charge in [-0.3, -0.25) is 0 Å². The van der Waals surface area contributed by atoms with Gasteiger partial charge < -0.3 is 5.32 Å². The van der Waals surface area contributed by atoms with Crippen LogP contribution in [0.5, 0.6) is 0 Å². The Morgan fingerprint density at radius 1 is 0.767 bits per heavy atom. The topological polar surface area (TPSA) is 37.8 Å². The Bertz CT molecular complexity index is 1270. The molecule has 0 aliphatic carbocycles. The Kier molecular flexibility index (Phi) is 4.99. The van der Waals surface area contributed by atoms with Crippen molar-refractivity contribution in [2.45, 2.75) is 13.3 Å². The maximum Gasteiger partial charge on any atom is 0.143 e. The Morgan fingerprint density at radius 2 is 1.47 bits per heavy atom. The van der Waals surface area contributed by atoms with Crippen molar-refractivity contribution >= 4 is 33.1 Å². The number of hydrogen-bond acceptors (Lipinski definition) is 4. The second-order valence-corrected chi connectivity index (χ2v) is 8.03. The summed E-state index contributed by atoms with van der Waals surface area (Å²) in [6.45, 7) is 2.16. The molecule has 3 nitrogen and oxygen atoms in total. The number of benzene rings is 3. The highest BCUT2D eigenvalue weighted by atomic mass is 32.1. The van der Waals surface area contributed by atoms with E-state index in [-0.39, 0.29) is 0 Å². The molecule has 0 saturated heterocycles. The lowest BCUT2D eigenvalue weighted by Crippen LogP contribution is -1.95. The fourth-order valence-electron chi connectivity index (χ4n) is 3.62. The summed E-state index contributed by atoms with van der Waals surface area (Å²) < 4.78 is 0. The Morgan fingerprint density at radius 3 is 2.20 bits per heavy atom. The number of aryl methyl sites for hydroxylation is 1. The Hall–Kier alpha value is -3.50. The summed E-state index contributed by atoms with van der Waals surface area (Å²) >= 11 is 1.65. The lowest BCUT2D eigenvalue weighted by molar-refractivity contribution is 1.14. The van der Waals surface area contributed by atoms with Crippen molar-refractivity contribution in [3.05, 3.63) is 96.1 Å². The van der Waals surface area contributed by atoms with Gasteiger partial charge in [0.2, 0.25) is 0 Å². The molecule has 0 amide bonds. The first-order valence-electron chi connectivity index (χ1n) is 10.1. The number of anilines is 2. The first-order chi connectivity index (χ1) is 14.8. The summed E-state index contributed by atoms with van der Waals surface area (Å²) in [6.07, 6.45) is 2.66. The quantitative estimate of drug-likeness (QED) is 0.331. The predicted molar refractivity (Wildman–Crippen MR) is 127 cm³/mol. The zero-order chi connectivity index (χ0) is 20.3. The van der Waals surface area contributed by atoms with Crippen LogP contribution < -0.4 is 5.32 Å². The molecular weight excluding hydrogens is 386 g/mol. The van der Waals surface area contributed by atoms with Crippen molar-refractivity contribution in [3.63, 3.8) is 0 Å². The van der Waals surface area contributed by atoms with E-state index in [0.717, 1.165) is 33.7 Å². The number of nitrogens with zero attached hydrogens (tertiary/aromatic N) is 2. The highest BCUT2D eigenvalue weighted by Crippen LogP contribution is 2.38. The van der Waals surface area contributed by atoms with Gasteiger partial charge in [0.25, 0.3) is 0 Å². The van der Waals surface area contributed by atoms with Gasteiger partial charge in [0, 0.05) is 16.6 Å². The average molecular weight is 408 g/mol. The lowest BCUT2D eigenvalue weighted by Gasteiger charge is -2.09. The van der Waals surface area contributed by atoms with Gasteiger partial charge in [-0.25, -0.2) is 9.97 Å². The largest absolute Gasteiger partial charge is 0.340 e. The van der Waals surface area contributed by atoms with Gasteiger partial charge in [0.15, 0.2) is 0 Å². The minimum Gasteiger partial charge on any atom is -0.340 e. The van der Waals surface area contributed by atoms with Crippen LogP contribution in [0, 0.1) is 0 Å². The SMILES string of the molecule is CCc1ccc(Nc2ncnc3scc(-c4ccc(-c5ccccc5)cc4)c23)cc1. The maximum absolute atomic E-state index is 4.55. The molecule has 146 valence electrons. The molecule has 1 N–H and O–H groups in total. The second kappa shape index (κ2) is 8.09. The Labute approximate surface area is 180 Å². The molecule has 0 fully saturated rings. The summed E-state index contributed by atoms with van der Waals surface area (Å²) in [5.74, 6) is 0.840. The van der Waals surface area contributed by atoms with Crippen molar-refractivity contribution in [1.82, 2.24) is 9.97 Å². The van der Waals surface area contributed by atoms with Gasteiger partial charge in [-0.1, -0.05) is 73.7 Å². The van der Waals surface area contributed by atoms with Crippen molar-refractivity contribution in [3.8, 4) is 22.3 Å². The van der Waals surface area contributed by atoms with E-state index in [1.54, 1.807) is 17.7 Å². The van der Waals surface area contributed by atoms with E-state index in [2.05, 4.69) is 100 Å². The zero-order valence-electron chi connectivity index (χ0n) is 16.7. The van der Waals surface area contributed by atoms with Crippen LogP contribution in [-0.4, -0.2) is 9.97 Å². The third-order valence-electron chi connectivity index (χ3n) is 5.30. The molecule has 0 atom stereocenters. The molecule has 0 aliphatic rings. The number of rotatable bonds is 5. The molecule has 5 aromatic rings. The highest BCUT2D eigenvalue weighted by molar-refractivity contribution is 7.17. The number of hydrogen-bond donors (Lipinski definition) is 1. The monoisotopic (exact) mass is 407 g/mol. The maximum atomic E-state index is 4.55. The van der Waals surface area contributed by atoms with Gasteiger partial charge in [-0.2, -0.15) is 0 Å². The van der Waals surface area contributed by atoms with Crippen LogP contribution in [0.3, 0.4) is 0 Å². The molecule has 4 heteroatoms. The molecule has 30 heavy (non-hydrogen) atoms. The number of thiophene rings is 1. The van der Waals surface area contributed by atoms with E-state index in [0.29, 0.717) is 0 Å². The van der Waals surface area contributed by atoms with Crippen LogP contribution >= 0.6 is 11.3 Å². The summed E-state index contributed by atoms with van der Waals surface area (Å²) in [6, 6.07) is 27.7. The Balaban J connectivity index is 1.52. The first-order valence-corrected chi connectivity index (χ1v) is 10.9. The van der Waals surface area contributed by atoms with E-state index in [9.17, 15) is 0 Å². The van der Waals surface area contributed by atoms with E-state index < -0.39 is 0 Å². The van der Waals surface area contributed by atoms with Gasteiger partial charge >= 0.3 is 0 Å². The predicted octanol–water partition coefficient (Wildman–Crippen LogP) is 7.33. The standard InChI is InChI=1S/C26H21N3S/c1-2-18-8-14-22(15-9-18)29-25-24-23(16-30-26(24)28-17-27-25)21-12-10-20(11-13-21)19-6-4-3-5-7-19/h3-17H,2H2,1H3,(H,27,28,29). The van der Waals surface area contributed by atoms with Crippen molar-refractivity contribution in [1.29, 1.82) is 0 Å². The molecule has 0 radical (unpaired) electrons. The van der Waals surface area contributed by atoms with Crippen LogP contribution in [0.25, 0.3) is 32.5 Å². The van der Waals surface area contributed by atoms with Crippen LogP contribution in [0.15, 0.2) is 90.6 Å². The fraction of sp³-hybridized carbons (Fsp3) is 0.0769. The van der Waals surface area contributed by atoms with Gasteiger partial charge in [-0.05, 0) is 40.8 Å². The number of fused-ring (bicyclic) bond motifs is 1. The van der Waals surface area contributed by atoms with E-state index in [1.165, 1.54) is 22.3 Å². The lowest BCUT2D eigenvalue weighted by atomic mass is 10.0. The highest BCUT2D eigenvalue weighted by Gasteiger charge is 2.13. The second-order valence-electron chi connectivity index (χ2n) is 7.17. The molecule has 5 rings (SSSR count). The summed E-state index contributed by atoms with van der Waals surface area (Å²) in [7, 11) is 0. The number of aromatic nitrogens is 2. The van der Waals surface area contributed by atoms with Gasteiger partial charge in [0.1, 0.15) is 17.0 Å². The van der Waals surface area contributed by atoms with Gasteiger partial charge in [-0.15, -0.1) is 11.3 Å². The number of nitrogens with one attached hydrogen (secondary N) is 1. The van der Waals surface area contributed by atoms with Crippen LogP contribution in [0.4, 0.5) is 11.5 Å². The summed E-state index contributed by atoms with van der Waals surface area (Å²) in [5.41, 5.74) is 7.11. The van der Waals surface area contributed by atoms with Crippen molar-refractivity contribution in [2.75, 3.05) is 5.32 Å². The third kappa shape index (κ3) is 3.58. The summed E-state index contributed by atoms with van der Waals surface area (Å²) in [4.78, 5) is 10.0. The normalized spacial score (nSPS) is 11.0. The molecule has 0 aliphatic heterocycles. The average Bonchev–Trinajstić information content (AvgIpc) is 3.26. The fourth-order valence-corrected chi connectivity index (χ4v) is 4.53. The van der Waals surface area contributed by atoms with Crippen LogP contribution in [0.2, 0.25) is 0 Å². The smallest absolute Gasteiger partial charge is 0.143 e. The zero-order valence-corrected chi connectivity index (χ0v) is 17.5. The molecule has 2 aromatic heterocycles. The molecule has 0 bridgehead atoms. The molecule has 3 aromatic carbocycles. The molecule has 0 unspecified atom stereocenters. The minimum absolute atomic E-state index is 0.840. The molecule has 2 heterocycles. The van der Waals surface area contributed by atoms with E-state index in [1.807, 2.05) is 6.07 Å². The van der Waals surface area contributed by atoms with Crippen LogP contribution in [0.1, 0.15) is 12.5 Å². The molecule has 0 spiro atoms. The third-order valence-corrected chi connectivity index (χ3v) is 6.18.